The van der Waals surface area contributed by atoms with Crippen molar-refractivity contribution in [2.24, 2.45) is 5.73 Å². The van der Waals surface area contributed by atoms with Gasteiger partial charge < -0.3 is 5.73 Å². The Morgan fingerprint density at radius 1 is 1.50 bits per heavy atom. The van der Waals surface area contributed by atoms with Gasteiger partial charge in [0.05, 0.1) is 12.7 Å². The third-order valence-electron chi connectivity index (χ3n) is 2.34. The van der Waals surface area contributed by atoms with Gasteiger partial charge in [-0.25, -0.2) is 4.98 Å². The van der Waals surface area contributed by atoms with Crippen molar-refractivity contribution in [3.8, 4) is 0 Å². The predicted molar refractivity (Wildman–Crippen MR) is 62.1 cm³/mol. The van der Waals surface area contributed by atoms with Crippen LogP contribution in [-0.4, -0.2) is 46.3 Å². The highest BCUT2D eigenvalue weighted by Crippen LogP contribution is 2.01. The predicted octanol–water partition coefficient (Wildman–Crippen LogP) is 0.328. The van der Waals surface area contributed by atoms with Gasteiger partial charge in [0.1, 0.15) is 5.69 Å². The number of hydrogen-bond donors (Lipinski definition) is 1. The van der Waals surface area contributed by atoms with Gasteiger partial charge in [0, 0.05) is 31.5 Å². The zero-order chi connectivity index (χ0) is 12.0. The summed E-state index contributed by atoms with van der Waals surface area (Å²) in [7, 11) is 0. The number of rotatable bonds is 6. The molecule has 2 N–H and O–H groups in total. The van der Waals surface area contributed by atoms with Crippen LogP contribution in [0.4, 0.5) is 0 Å². The molecule has 0 saturated heterocycles. The molecule has 0 aliphatic heterocycles. The Morgan fingerprint density at radius 2 is 2.25 bits per heavy atom. The van der Waals surface area contributed by atoms with Crippen molar-refractivity contribution in [1.82, 2.24) is 14.9 Å². The average Bonchev–Trinajstić information content (AvgIpc) is 2.29. The first-order valence-electron chi connectivity index (χ1n) is 5.38. The van der Waals surface area contributed by atoms with E-state index in [0.717, 1.165) is 0 Å². The third kappa shape index (κ3) is 3.67. The lowest BCUT2D eigenvalue weighted by atomic mass is 10.2. The molecule has 0 amide bonds. The highest BCUT2D eigenvalue weighted by molar-refractivity contribution is 5.95. The molecule has 5 nitrogen and oxygen atoms in total. The summed E-state index contributed by atoms with van der Waals surface area (Å²) in [6.45, 7) is 5.68. The molecular weight excluding hydrogens is 204 g/mol. The molecule has 1 rings (SSSR count). The number of nitrogens with two attached hydrogens (primary N) is 1. The van der Waals surface area contributed by atoms with Gasteiger partial charge in [-0.15, -0.1) is 0 Å². The van der Waals surface area contributed by atoms with Crippen LogP contribution in [0.3, 0.4) is 0 Å². The summed E-state index contributed by atoms with van der Waals surface area (Å²) in [5.74, 6) is -0.0183. The third-order valence-corrected chi connectivity index (χ3v) is 2.34. The molecule has 0 spiro atoms. The smallest absolute Gasteiger partial charge is 0.196 e. The largest absolute Gasteiger partial charge is 0.329 e. The molecule has 1 aromatic rings. The number of ketones is 1. The van der Waals surface area contributed by atoms with Gasteiger partial charge in [0.25, 0.3) is 0 Å². The standard InChI is InChI=1S/C11H18N4O/c1-9(2)15(6-3-12)8-11(16)10-7-13-4-5-14-10/h4-5,7,9H,3,6,8,12H2,1-2H3. The monoisotopic (exact) mass is 222 g/mol. The second-order valence-electron chi connectivity index (χ2n) is 3.87. The molecule has 0 unspecified atom stereocenters. The van der Waals surface area contributed by atoms with E-state index in [0.29, 0.717) is 31.4 Å². The van der Waals surface area contributed by atoms with Crippen molar-refractivity contribution in [2.75, 3.05) is 19.6 Å². The summed E-state index contributed by atoms with van der Waals surface area (Å²) in [6.07, 6.45) is 4.57. The zero-order valence-electron chi connectivity index (χ0n) is 9.76. The van der Waals surface area contributed by atoms with Crippen molar-refractivity contribution in [1.29, 1.82) is 0 Å². The molecule has 0 bridgehead atoms. The zero-order valence-corrected chi connectivity index (χ0v) is 9.76. The van der Waals surface area contributed by atoms with E-state index >= 15 is 0 Å². The quantitative estimate of drug-likeness (QED) is 0.702. The van der Waals surface area contributed by atoms with Crippen molar-refractivity contribution < 1.29 is 4.79 Å². The van der Waals surface area contributed by atoms with E-state index in [1.54, 1.807) is 6.20 Å². The first-order chi connectivity index (χ1) is 7.65. The van der Waals surface area contributed by atoms with Crippen LogP contribution in [0.2, 0.25) is 0 Å². The molecule has 0 aliphatic rings. The molecule has 0 fully saturated rings. The summed E-state index contributed by atoms with van der Waals surface area (Å²) >= 11 is 0. The van der Waals surface area contributed by atoms with E-state index in [4.69, 9.17) is 5.73 Å². The van der Waals surface area contributed by atoms with E-state index < -0.39 is 0 Å². The lowest BCUT2D eigenvalue weighted by molar-refractivity contribution is 0.0903. The molecule has 0 atom stereocenters. The fraction of sp³-hybridized carbons (Fsp3) is 0.545. The number of hydrogen-bond acceptors (Lipinski definition) is 5. The second-order valence-corrected chi connectivity index (χ2v) is 3.87. The van der Waals surface area contributed by atoms with Crippen LogP contribution in [0.15, 0.2) is 18.6 Å². The Morgan fingerprint density at radius 3 is 2.75 bits per heavy atom. The Labute approximate surface area is 95.7 Å². The van der Waals surface area contributed by atoms with Crippen LogP contribution < -0.4 is 5.73 Å². The number of carbonyl (C=O) groups is 1. The van der Waals surface area contributed by atoms with E-state index in [2.05, 4.69) is 9.97 Å². The van der Waals surface area contributed by atoms with Gasteiger partial charge in [0.15, 0.2) is 5.78 Å². The number of carbonyl (C=O) groups excluding carboxylic acids is 1. The lowest BCUT2D eigenvalue weighted by Gasteiger charge is -2.24. The SMILES string of the molecule is CC(C)N(CCN)CC(=O)c1cnccn1. The average molecular weight is 222 g/mol. The van der Waals surface area contributed by atoms with Gasteiger partial charge >= 0.3 is 0 Å². The van der Waals surface area contributed by atoms with Crippen molar-refractivity contribution in [3.63, 3.8) is 0 Å². The number of Topliss-reactive ketones (excluding diaryl/α,β-unsaturated/α-hetero) is 1. The normalized spacial score (nSPS) is 11.1. The maximum atomic E-state index is 11.8. The minimum Gasteiger partial charge on any atom is -0.329 e. The van der Waals surface area contributed by atoms with Crippen LogP contribution in [0.1, 0.15) is 24.3 Å². The van der Waals surface area contributed by atoms with E-state index in [-0.39, 0.29) is 5.78 Å². The Balaban J connectivity index is 2.62. The van der Waals surface area contributed by atoms with E-state index in [1.165, 1.54) is 12.4 Å². The molecule has 0 aliphatic carbocycles. The van der Waals surface area contributed by atoms with Crippen LogP contribution >= 0.6 is 0 Å². The first-order valence-corrected chi connectivity index (χ1v) is 5.38. The van der Waals surface area contributed by atoms with Crippen LogP contribution in [0.25, 0.3) is 0 Å². The van der Waals surface area contributed by atoms with Crippen molar-refractivity contribution in [2.45, 2.75) is 19.9 Å². The molecular formula is C11H18N4O. The van der Waals surface area contributed by atoms with Gasteiger partial charge in [-0.3, -0.25) is 14.7 Å². The fourth-order valence-corrected chi connectivity index (χ4v) is 1.39. The second kappa shape index (κ2) is 6.30. The maximum absolute atomic E-state index is 11.8. The summed E-state index contributed by atoms with van der Waals surface area (Å²) in [5, 5.41) is 0. The molecule has 88 valence electrons. The van der Waals surface area contributed by atoms with Gasteiger partial charge in [-0.05, 0) is 13.8 Å². The van der Waals surface area contributed by atoms with Crippen molar-refractivity contribution in [3.05, 3.63) is 24.3 Å². The Kier molecular flexibility index (Phi) is 5.01. The summed E-state index contributed by atoms with van der Waals surface area (Å²) in [4.78, 5) is 21.7. The molecule has 0 radical (unpaired) electrons. The molecule has 0 saturated carbocycles. The molecule has 5 heteroatoms. The minimum atomic E-state index is -0.0183. The fourth-order valence-electron chi connectivity index (χ4n) is 1.39. The molecule has 1 aromatic heterocycles. The number of nitrogens with zero attached hydrogens (tertiary/aromatic N) is 3. The summed E-state index contributed by atoms with van der Waals surface area (Å²) < 4.78 is 0. The number of aromatic nitrogens is 2. The van der Waals surface area contributed by atoms with Gasteiger partial charge in [0.2, 0.25) is 0 Å². The highest BCUT2D eigenvalue weighted by atomic mass is 16.1. The van der Waals surface area contributed by atoms with Crippen LogP contribution in [0, 0.1) is 0 Å². The molecule has 16 heavy (non-hydrogen) atoms. The maximum Gasteiger partial charge on any atom is 0.196 e. The minimum absolute atomic E-state index is 0.0183. The summed E-state index contributed by atoms with van der Waals surface area (Å²) in [6, 6.07) is 0.296. The topological polar surface area (TPSA) is 72.1 Å². The Bertz CT molecular complexity index is 326. The Hall–Kier alpha value is -1.33. The van der Waals surface area contributed by atoms with Crippen LogP contribution in [0.5, 0.6) is 0 Å². The van der Waals surface area contributed by atoms with Crippen molar-refractivity contribution >= 4 is 5.78 Å². The van der Waals surface area contributed by atoms with E-state index in [9.17, 15) is 4.79 Å². The van der Waals surface area contributed by atoms with Gasteiger partial charge in [-0.2, -0.15) is 0 Å². The highest BCUT2D eigenvalue weighted by Gasteiger charge is 2.15. The molecule has 0 aromatic carbocycles. The first kappa shape index (κ1) is 12.7. The summed E-state index contributed by atoms with van der Waals surface area (Å²) in [5.41, 5.74) is 5.91. The van der Waals surface area contributed by atoms with E-state index in [1.807, 2.05) is 18.7 Å². The van der Waals surface area contributed by atoms with Crippen LogP contribution in [-0.2, 0) is 0 Å². The van der Waals surface area contributed by atoms with Gasteiger partial charge in [-0.1, -0.05) is 0 Å². The lowest BCUT2D eigenvalue weighted by Crippen LogP contribution is -2.39. The molecule has 1 heterocycles.